The number of aromatic nitrogens is 3. The molecule has 162 valence electrons. The lowest BCUT2D eigenvalue weighted by Crippen LogP contribution is -2.25. The van der Waals surface area contributed by atoms with Gasteiger partial charge in [0.15, 0.2) is 5.82 Å². The topological polar surface area (TPSA) is 86.2 Å². The first kappa shape index (κ1) is 21.3. The molecule has 31 heavy (non-hydrogen) atoms. The first-order valence-electron chi connectivity index (χ1n) is 9.96. The fourth-order valence-corrected chi connectivity index (χ4v) is 4.89. The molecule has 0 aliphatic carbocycles. The number of methoxy groups -OCH3 is 1. The van der Waals surface area contributed by atoms with Crippen LogP contribution in [0.5, 0.6) is 5.75 Å². The molecular weight excluding hydrogens is 419 g/mol. The van der Waals surface area contributed by atoms with Crippen LogP contribution in [0.25, 0.3) is 11.4 Å². The number of nitrogens with one attached hydrogen (secondary N) is 1. The van der Waals surface area contributed by atoms with Crippen molar-refractivity contribution in [3.63, 3.8) is 0 Å². The second-order valence-electron chi connectivity index (χ2n) is 7.14. The lowest BCUT2D eigenvalue weighted by atomic mass is 10.2. The average Bonchev–Trinajstić information content (AvgIpc) is 2.80. The van der Waals surface area contributed by atoms with Crippen molar-refractivity contribution in [3.8, 4) is 17.1 Å². The highest BCUT2D eigenvalue weighted by atomic mass is 32.2. The molecule has 7 nitrogen and oxygen atoms in total. The molecule has 4 rings (SSSR count). The van der Waals surface area contributed by atoms with Crippen LogP contribution in [-0.2, 0) is 21.3 Å². The van der Waals surface area contributed by atoms with Crippen molar-refractivity contribution in [2.45, 2.75) is 23.8 Å². The summed E-state index contributed by atoms with van der Waals surface area (Å²) in [7, 11) is 0.527. The van der Waals surface area contributed by atoms with Crippen molar-refractivity contribution in [2.24, 2.45) is 0 Å². The third-order valence-corrected chi connectivity index (χ3v) is 6.84. The van der Waals surface area contributed by atoms with E-state index in [0.717, 1.165) is 24.1 Å². The van der Waals surface area contributed by atoms with Gasteiger partial charge in [-0.15, -0.1) is 0 Å². The van der Waals surface area contributed by atoms with E-state index in [1.807, 2.05) is 24.3 Å². The van der Waals surface area contributed by atoms with Gasteiger partial charge in [-0.2, -0.15) is 4.98 Å². The van der Waals surface area contributed by atoms with Crippen LogP contribution in [0.4, 0.5) is 16.0 Å². The molecule has 0 unspecified atom stereocenters. The number of halogens is 1. The number of rotatable bonds is 7. The number of hydrogen-bond donors (Lipinski definition) is 1. The summed E-state index contributed by atoms with van der Waals surface area (Å²) in [6, 6.07) is 11.9. The van der Waals surface area contributed by atoms with Crippen molar-refractivity contribution in [3.05, 3.63) is 60.2 Å². The van der Waals surface area contributed by atoms with Crippen LogP contribution in [0.1, 0.15) is 18.4 Å². The first-order chi connectivity index (χ1) is 15.1. The largest absolute Gasteiger partial charge is 0.496 e. The molecule has 0 spiro atoms. The Kier molecular flexibility index (Phi) is 6.83. The highest BCUT2D eigenvalue weighted by molar-refractivity contribution is 7.84. The molecule has 0 radical (unpaired) electrons. The van der Waals surface area contributed by atoms with E-state index in [1.165, 1.54) is 25.6 Å². The minimum atomic E-state index is -0.940. The smallest absolute Gasteiger partial charge is 0.230 e. The van der Waals surface area contributed by atoms with Crippen molar-refractivity contribution >= 4 is 22.4 Å². The molecule has 1 fully saturated rings. The number of benzene rings is 2. The third kappa shape index (κ3) is 5.42. The molecule has 1 atom stereocenters. The molecule has 2 heterocycles. The van der Waals surface area contributed by atoms with Gasteiger partial charge in [0.25, 0.3) is 0 Å². The summed E-state index contributed by atoms with van der Waals surface area (Å²) >= 11 is 0. The van der Waals surface area contributed by atoms with Crippen LogP contribution in [0.15, 0.2) is 48.8 Å². The van der Waals surface area contributed by atoms with Crippen LogP contribution in [0.3, 0.4) is 0 Å². The van der Waals surface area contributed by atoms with Crippen molar-refractivity contribution in [1.82, 2.24) is 15.0 Å². The predicted octanol–water partition coefficient (Wildman–Crippen LogP) is 3.86. The summed E-state index contributed by atoms with van der Waals surface area (Å²) in [5.74, 6) is 1.15. The highest BCUT2D eigenvalue weighted by Gasteiger charge is 2.20. The lowest BCUT2D eigenvalue weighted by Gasteiger charge is -2.21. The monoisotopic (exact) mass is 442 g/mol. The molecule has 1 aromatic heterocycles. The van der Waals surface area contributed by atoms with E-state index in [1.54, 1.807) is 6.07 Å². The zero-order valence-electron chi connectivity index (χ0n) is 17.1. The fraction of sp³-hybridized carbons (Fsp3) is 0.318. The van der Waals surface area contributed by atoms with Gasteiger partial charge in [-0.3, -0.25) is 4.21 Å². The van der Waals surface area contributed by atoms with E-state index >= 15 is 0 Å². The Labute approximate surface area is 182 Å². The van der Waals surface area contributed by atoms with Crippen LogP contribution in [0.2, 0.25) is 0 Å². The van der Waals surface area contributed by atoms with Crippen molar-refractivity contribution in [2.75, 3.05) is 25.6 Å². The molecular formula is C22H23FN4O3S. The Morgan fingerprint density at radius 3 is 2.84 bits per heavy atom. The molecule has 0 bridgehead atoms. The Balaban J connectivity index is 1.49. The van der Waals surface area contributed by atoms with Gasteiger partial charge in [0.2, 0.25) is 5.95 Å². The Hall–Kier alpha value is -2.91. The maximum Gasteiger partial charge on any atom is 0.230 e. The molecule has 9 heteroatoms. The fourth-order valence-electron chi connectivity index (χ4n) is 3.43. The number of ether oxygens (including phenoxy) is 2. The summed E-state index contributed by atoms with van der Waals surface area (Å²) in [6.07, 6.45) is 3.06. The Morgan fingerprint density at radius 2 is 2.03 bits per heavy atom. The minimum Gasteiger partial charge on any atom is -0.496 e. The second-order valence-corrected chi connectivity index (χ2v) is 8.86. The van der Waals surface area contributed by atoms with Gasteiger partial charge in [0, 0.05) is 46.8 Å². The van der Waals surface area contributed by atoms with Crippen LogP contribution in [0, 0.1) is 5.82 Å². The zero-order valence-corrected chi connectivity index (χ0v) is 17.9. The summed E-state index contributed by atoms with van der Waals surface area (Å²) in [5.41, 5.74) is 2.32. The van der Waals surface area contributed by atoms with Gasteiger partial charge in [0.1, 0.15) is 17.9 Å². The van der Waals surface area contributed by atoms with E-state index in [9.17, 15) is 8.60 Å². The van der Waals surface area contributed by atoms with Crippen molar-refractivity contribution in [1.29, 1.82) is 0 Å². The molecule has 0 amide bonds. The van der Waals surface area contributed by atoms with Gasteiger partial charge < -0.3 is 14.8 Å². The van der Waals surface area contributed by atoms with Crippen LogP contribution < -0.4 is 10.1 Å². The molecule has 0 saturated carbocycles. The second kappa shape index (κ2) is 9.93. The van der Waals surface area contributed by atoms with Gasteiger partial charge in [-0.1, -0.05) is 12.1 Å². The molecule has 1 aliphatic rings. The average molecular weight is 443 g/mol. The Bertz CT molecular complexity index is 1080. The normalized spacial score (nSPS) is 15.4. The molecule has 1 aliphatic heterocycles. The lowest BCUT2D eigenvalue weighted by molar-refractivity contribution is 0.0992. The van der Waals surface area contributed by atoms with E-state index in [2.05, 4.69) is 20.3 Å². The van der Waals surface area contributed by atoms with E-state index < -0.39 is 16.6 Å². The van der Waals surface area contributed by atoms with E-state index in [0.29, 0.717) is 42.1 Å². The number of anilines is 2. The highest BCUT2D eigenvalue weighted by Crippen LogP contribution is 2.28. The molecule has 2 aromatic carbocycles. The van der Waals surface area contributed by atoms with E-state index in [4.69, 9.17) is 9.47 Å². The van der Waals surface area contributed by atoms with Gasteiger partial charge >= 0.3 is 0 Å². The number of hydrogen-bond acceptors (Lipinski definition) is 7. The molecule has 1 saturated heterocycles. The maximum absolute atomic E-state index is 13.5. The Morgan fingerprint density at radius 1 is 1.19 bits per heavy atom. The first-order valence-corrected chi connectivity index (χ1v) is 11.3. The van der Waals surface area contributed by atoms with Gasteiger partial charge in [-0.25, -0.2) is 14.4 Å². The van der Waals surface area contributed by atoms with Gasteiger partial charge in [-0.05, 0) is 42.7 Å². The van der Waals surface area contributed by atoms with E-state index in [-0.39, 0.29) is 5.25 Å². The SMILES string of the molecule is COc1cc(F)ccc1-c1ncnc(Nc2cccc(C[S@](=O)C3CCOCC3)c2)n1. The zero-order chi connectivity index (χ0) is 21.6. The molecule has 3 aromatic rings. The summed E-state index contributed by atoms with van der Waals surface area (Å²) in [6.45, 7) is 1.36. The quantitative estimate of drug-likeness (QED) is 0.595. The predicted molar refractivity (Wildman–Crippen MR) is 117 cm³/mol. The summed E-state index contributed by atoms with van der Waals surface area (Å²) in [4.78, 5) is 12.8. The van der Waals surface area contributed by atoms with Gasteiger partial charge in [0.05, 0.1) is 12.7 Å². The van der Waals surface area contributed by atoms with Crippen molar-refractivity contribution < 1.29 is 18.1 Å². The van der Waals surface area contributed by atoms with Crippen LogP contribution >= 0.6 is 0 Å². The number of nitrogens with zero attached hydrogens (tertiary/aromatic N) is 3. The minimum absolute atomic E-state index is 0.183. The summed E-state index contributed by atoms with van der Waals surface area (Å²) < 4.78 is 36.8. The standard InChI is InChI=1S/C22H23FN4O3S/c1-29-20-12-16(23)5-6-19(20)21-24-14-25-22(27-21)26-17-4-2-3-15(11-17)13-31(28)18-7-9-30-10-8-18/h2-6,11-12,14,18H,7-10,13H2,1H3,(H,24,25,26,27)/t31-/m0/s1. The molecule has 1 N–H and O–H groups in total. The summed E-state index contributed by atoms with van der Waals surface area (Å²) in [5, 5.41) is 3.34. The van der Waals surface area contributed by atoms with Crippen LogP contribution in [-0.4, -0.2) is 44.7 Å². The third-order valence-electron chi connectivity index (χ3n) is 5.01. The maximum atomic E-state index is 13.5.